The highest BCUT2D eigenvalue weighted by Crippen LogP contribution is 1.96. The molecule has 0 bridgehead atoms. The molecule has 0 radical (unpaired) electrons. The summed E-state index contributed by atoms with van der Waals surface area (Å²) in [5.74, 6) is 1.21. The second-order valence-corrected chi connectivity index (χ2v) is 2.89. The molecule has 1 rings (SSSR count). The predicted molar refractivity (Wildman–Crippen MR) is 47.2 cm³/mol. The Kier molecular flexibility index (Phi) is 3.85. The summed E-state index contributed by atoms with van der Waals surface area (Å²) in [4.78, 5) is 0. The van der Waals surface area contributed by atoms with E-state index in [1.165, 1.54) is 0 Å². The highest BCUT2D eigenvalue weighted by atomic mass is 16.5. The third kappa shape index (κ3) is 3.52. The zero-order valence-corrected chi connectivity index (χ0v) is 8.20. The number of aromatic nitrogens is 2. The smallest absolute Gasteiger partial charge is 0.230 e. The molecule has 0 amide bonds. The maximum atomic E-state index is 5.17. The van der Waals surface area contributed by atoms with Crippen molar-refractivity contribution >= 4 is 0 Å². The molecule has 0 aromatic carbocycles. The van der Waals surface area contributed by atoms with Crippen LogP contribution in [0.25, 0.3) is 0 Å². The van der Waals surface area contributed by atoms with Crippen molar-refractivity contribution in [2.45, 2.75) is 26.5 Å². The summed E-state index contributed by atoms with van der Waals surface area (Å²) in [6.45, 7) is 5.13. The predicted octanol–water partition coefficient (Wildman–Crippen LogP) is 0.503. The van der Waals surface area contributed by atoms with Crippen molar-refractivity contribution in [3.8, 4) is 0 Å². The van der Waals surface area contributed by atoms with Crippen molar-refractivity contribution in [1.82, 2.24) is 15.5 Å². The van der Waals surface area contributed by atoms with Gasteiger partial charge in [0.25, 0.3) is 0 Å². The minimum Gasteiger partial charge on any atom is -0.424 e. The number of rotatable bonds is 5. The Labute approximate surface area is 77.5 Å². The standard InChI is InChI=1S/C8H15N3O2/c1-6(12-3)4-9-5-8-11-10-7(2)13-8/h6,9H,4-5H2,1-3H3/t6-/m0/s1. The molecule has 1 heterocycles. The van der Waals surface area contributed by atoms with Gasteiger partial charge in [0.1, 0.15) is 0 Å². The SMILES string of the molecule is CO[C@@H](C)CNCc1nnc(C)o1. The molecule has 1 atom stereocenters. The second-order valence-electron chi connectivity index (χ2n) is 2.89. The van der Waals surface area contributed by atoms with Crippen LogP contribution in [0.5, 0.6) is 0 Å². The van der Waals surface area contributed by atoms with Crippen LogP contribution in [0.4, 0.5) is 0 Å². The molecule has 1 aromatic heterocycles. The van der Waals surface area contributed by atoms with E-state index in [1.807, 2.05) is 6.92 Å². The van der Waals surface area contributed by atoms with Gasteiger partial charge in [0.2, 0.25) is 11.8 Å². The van der Waals surface area contributed by atoms with Crippen molar-refractivity contribution in [3.05, 3.63) is 11.8 Å². The Hall–Kier alpha value is -0.940. The van der Waals surface area contributed by atoms with Gasteiger partial charge < -0.3 is 14.5 Å². The minimum absolute atomic E-state index is 0.198. The van der Waals surface area contributed by atoms with Crippen LogP contribution >= 0.6 is 0 Å². The van der Waals surface area contributed by atoms with E-state index in [0.29, 0.717) is 18.3 Å². The van der Waals surface area contributed by atoms with Crippen LogP contribution in [-0.2, 0) is 11.3 Å². The molecular formula is C8H15N3O2. The first-order chi connectivity index (χ1) is 6.22. The molecule has 5 heteroatoms. The number of hydrogen-bond acceptors (Lipinski definition) is 5. The normalized spacial score (nSPS) is 13.2. The van der Waals surface area contributed by atoms with Crippen molar-refractivity contribution in [1.29, 1.82) is 0 Å². The van der Waals surface area contributed by atoms with Gasteiger partial charge in [-0.05, 0) is 6.92 Å². The molecule has 0 saturated heterocycles. The summed E-state index contributed by atoms with van der Waals surface area (Å²) in [7, 11) is 1.68. The van der Waals surface area contributed by atoms with Crippen molar-refractivity contribution in [2.24, 2.45) is 0 Å². The minimum atomic E-state index is 0.198. The molecule has 0 unspecified atom stereocenters. The van der Waals surface area contributed by atoms with Gasteiger partial charge in [0.05, 0.1) is 12.6 Å². The molecule has 0 spiro atoms. The lowest BCUT2D eigenvalue weighted by Crippen LogP contribution is -2.25. The van der Waals surface area contributed by atoms with Gasteiger partial charge in [0.15, 0.2) is 0 Å². The Morgan fingerprint density at radius 2 is 2.31 bits per heavy atom. The van der Waals surface area contributed by atoms with Gasteiger partial charge in [0, 0.05) is 20.6 Å². The van der Waals surface area contributed by atoms with Crippen LogP contribution in [0.2, 0.25) is 0 Å². The van der Waals surface area contributed by atoms with Crippen molar-refractivity contribution in [3.63, 3.8) is 0 Å². The van der Waals surface area contributed by atoms with E-state index in [9.17, 15) is 0 Å². The number of nitrogens with zero attached hydrogens (tertiary/aromatic N) is 2. The summed E-state index contributed by atoms with van der Waals surface area (Å²) in [5.41, 5.74) is 0. The quantitative estimate of drug-likeness (QED) is 0.724. The monoisotopic (exact) mass is 185 g/mol. The average molecular weight is 185 g/mol. The first-order valence-corrected chi connectivity index (χ1v) is 4.25. The Bertz CT molecular complexity index is 249. The molecule has 5 nitrogen and oxygen atoms in total. The number of nitrogens with one attached hydrogen (secondary N) is 1. The lowest BCUT2D eigenvalue weighted by molar-refractivity contribution is 0.116. The number of ether oxygens (including phenoxy) is 1. The fourth-order valence-electron chi connectivity index (χ4n) is 0.875. The van der Waals surface area contributed by atoms with Gasteiger partial charge in [-0.2, -0.15) is 0 Å². The number of hydrogen-bond donors (Lipinski definition) is 1. The molecular weight excluding hydrogens is 170 g/mol. The maximum Gasteiger partial charge on any atom is 0.230 e. The van der Waals surface area contributed by atoms with E-state index in [0.717, 1.165) is 6.54 Å². The van der Waals surface area contributed by atoms with Gasteiger partial charge in [-0.25, -0.2) is 0 Å². The van der Waals surface area contributed by atoms with E-state index < -0.39 is 0 Å². The van der Waals surface area contributed by atoms with E-state index in [4.69, 9.17) is 9.15 Å². The molecule has 1 N–H and O–H groups in total. The van der Waals surface area contributed by atoms with Crippen molar-refractivity contribution < 1.29 is 9.15 Å². The average Bonchev–Trinajstić information content (AvgIpc) is 2.51. The van der Waals surface area contributed by atoms with Crippen LogP contribution < -0.4 is 5.32 Å². The highest BCUT2D eigenvalue weighted by molar-refractivity contribution is 4.77. The first-order valence-electron chi connectivity index (χ1n) is 4.25. The summed E-state index contributed by atoms with van der Waals surface area (Å²) in [6, 6.07) is 0. The molecule has 0 aliphatic carbocycles. The van der Waals surface area contributed by atoms with E-state index >= 15 is 0 Å². The summed E-state index contributed by atoms with van der Waals surface area (Å²) in [5, 5.41) is 10.7. The molecule has 13 heavy (non-hydrogen) atoms. The number of aryl methyl sites for hydroxylation is 1. The zero-order valence-electron chi connectivity index (χ0n) is 8.20. The Balaban J connectivity index is 2.20. The molecule has 0 saturated carbocycles. The highest BCUT2D eigenvalue weighted by Gasteiger charge is 2.02. The lowest BCUT2D eigenvalue weighted by atomic mass is 10.4. The summed E-state index contributed by atoms with van der Waals surface area (Å²) in [6.07, 6.45) is 0.198. The van der Waals surface area contributed by atoms with Gasteiger partial charge in [-0.3, -0.25) is 0 Å². The summed E-state index contributed by atoms with van der Waals surface area (Å²) < 4.78 is 10.2. The van der Waals surface area contributed by atoms with E-state index in [1.54, 1.807) is 14.0 Å². The molecule has 0 aliphatic heterocycles. The van der Waals surface area contributed by atoms with Gasteiger partial charge in [-0.1, -0.05) is 0 Å². The molecule has 0 fully saturated rings. The third-order valence-electron chi connectivity index (χ3n) is 1.68. The van der Waals surface area contributed by atoms with E-state index in [2.05, 4.69) is 15.5 Å². The zero-order chi connectivity index (χ0) is 9.68. The van der Waals surface area contributed by atoms with Gasteiger partial charge >= 0.3 is 0 Å². The molecule has 0 aliphatic rings. The lowest BCUT2D eigenvalue weighted by Gasteiger charge is -2.08. The Morgan fingerprint density at radius 3 is 2.85 bits per heavy atom. The van der Waals surface area contributed by atoms with Crippen molar-refractivity contribution in [2.75, 3.05) is 13.7 Å². The third-order valence-corrected chi connectivity index (χ3v) is 1.68. The van der Waals surface area contributed by atoms with Crippen LogP contribution in [0.1, 0.15) is 18.7 Å². The Morgan fingerprint density at radius 1 is 1.54 bits per heavy atom. The maximum absolute atomic E-state index is 5.17. The molecule has 1 aromatic rings. The first kappa shape index (κ1) is 10.1. The molecule has 74 valence electrons. The largest absolute Gasteiger partial charge is 0.424 e. The number of methoxy groups -OCH3 is 1. The summed E-state index contributed by atoms with van der Waals surface area (Å²) >= 11 is 0. The van der Waals surface area contributed by atoms with E-state index in [-0.39, 0.29) is 6.10 Å². The van der Waals surface area contributed by atoms with Gasteiger partial charge in [-0.15, -0.1) is 10.2 Å². The van der Waals surface area contributed by atoms with Crippen LogP contribution in [0, 0.1) is 6.92 Å². The van der Waals surface area contributed by atoms with Crippen LogP contribution in [0.15, 0.2) is 4.42 Å². The second kappa shape index (κ2) is 4.94. The van der Waals surface area contributed by atoms with Crippen LogP contribution in [0.3, 0.4) is 0 Å². The fraction of sp³-hybridized carbons (Fsp3) is 0.750. The fourth-order valence-corrected chi connectivity index (χ4v) is 0.875. The van der Waals surface area contributed by atoms with Crippen LogP contribution in [-0.4, -0.2) is 30.0 Å². The topological polar surface area (TPSA) is 60.2 Å².